The Kier molecular flexibility index (Phi) is 4.40. The molecule has 0 aliphatic rings. The van der Waals surface area contributed by atoms with Crippen LogP contribution in [0.25, 0.3) is 0 Å². The average Bonchev–Trinajstić information content (AvgIpc) is 2.53. The van der Waals surface area contributed by atoms with Gasteiger partial charge in [-0.2, -0.15) is 5.10 Å². The monoisotopic (exact) mass is 240 g/mol. The number of aliphatic hydroxyl groups is 1. The summed E-state index contributed by atoms with van der Waals surface area (Å²) in [4.78, 5) is 0. The fourth-order valence-corrected chi connectivity index (χ4v) is 1.61. The number of aromatic nitrogens is 2. The van der Waals surface area contributed by atoms with Crippen LogP contribution in [0.15, 0.2) is 0 Å². The van der Waals surface area contributed by atoms with Crippen molar-refractivity contribution in [3.8, 4) is 0 Å². The molecule has 0 spiro atoms. The van der Waals surface area contributed by atoms with Gasteiger partial charge in [-0.3, -0.25) is 4.68 Å². The van der Waals surface area contributed by atoms with E-state index in [-0.39, 0.29) is 12.0 Å². The van der Waals surface area contributed by atoms with Gasteiger partial charge in [0, 0.05) is 25.6 Å². The van der Waals surface area contributed by atoms with Gasteiger partial charge in [0.05, 0.1) is 11.4 Å². The zero-order valence-corrected chi connectivity index (χ0v) is 11.2. The smallest absolute Gasteiger partial charge is 0.147 e. The molecule has 0 fully saturated rings. The Balaban J connectivity index is 2.77. The Bertz CT molecular complexity index is 371. The van der Waals surface area contributed by atoms with Crippen molar-refractivity contribution < 1.29 is 5.11 Å². The third kappa shape index (κ3) is 3.36. The first kappa shape index (κ1) is 13.8. The third-order valence-electron chi connectivity index (χ3n) is 2.81. The van der Waals surface area contributed by atoms with Gasteiger partial charge < -0.3 is 16.2 Å². The van der Waals surface area contributed by atoms with Gasteiger partial charge in [-0.25, -0.2) is 0 Å². The Labute approximate surface area is 103 Å². The molecule has 0 aliphatic heterocycles. The van der Waals surface area contributed by atoms with Gasteiger partial charge in [0.1, 0.15) is 5.82 Å². The molecule has 1 heterocycles. The van der Waals surface area contributed by atoms with E-state index in [0.29, 0.717) is 6.54 Å². The minimum absolute atomic E-state index is 0.138. The van der Waals surface area contributed by atoms with Crippen molar-refractivity contribution in [1.29, 1.82) is 0 Å². The van der Waals surface area contributed by atoms with Gasteiger partial charge in [-0.1, -0.05) is 27.2 Å². The van der Waals surface area contributed by atoms with Crippen molar-refractivity contribution in [3.05, 3.63) is 5.69 Å². The molecule has 5 heteroatoms. The number of hydrogen-bond donors (Lipinski definition) is 3. The van der Waals surface area contributed by atoms with Crippen molar-refractivity contribution in [2.24, 2.45) is 12.5 Å². The van der Waals surface area contributed by atoms with Crippen LogP contribution in [0.5, 0.6) is 0 Å². The molecule has 1 aromatic heterocycles. The maximum Gasteiger partial charge on any atom is 0.147 e. The summed E-state index contributed by atoms with van der Waals surface area (Å²) in [7, 11) is 1.88. The first-order valence-electron chi connectivity index (χ1n) is 6.07. The maximum absolute atomic E-state index is 9.21. The summed E-state index contributed by atoms with van der Waals surface area (Å²) < 4.78 is 1.77. The summed E-state index contributed by atoms with van der Waals surface area (Å²) in [5, 5.41) is 16.9. The molecule has 0 saturated carbocycles. The molecule has 1 rings (SSSR count). The average molecular weight is 240 g/mol. The highest BCUT2D eigenvalue weighted by Gasteiger charge is 2.19. The molecule has 0 saturated heterocycles. The van der Waals surface area contributed by atoms with Gasteiger partial charge in [0.25, 0.3) is 0 Å². The Hall–Kier alpha value is -1.23. The minimum Gasteiger partial charge on any atom is -0.396 e. The molecule has 0 amide bonds. The molecule has 5 nitrogen and oxygen atoms in total. The van der Waals surface area contributed by atoms with Gasteiger partial charge in [0.15, 0.2) is 0 Å². The van der Waals surface area contributed by atoms with E-state index in [9.17, 15) is 5.11 Å². The van der Waals surface area contributed by atoms with E-state index < -0.39 is 0 Å². The lowest BCUT2D eigenvalue weighted by molar-refractivity contribution is 0.170. The molecule has 0 aromatic carbocycles. The maximum atomic E-state index is 9.21. The highest BCUT2D eigenvalue weighted by Crippen LogP contribution is 2.24. The highest BCUT2D eigenvalue weighted by molar-refractivity contribution is 5.65. The first-order valence-corrected chi connectivity index (χ1v) is 6.07. The predicted molar refractivity (Wildman–Crippen MR) is 71.0 cm³/mol. The van der Waals surface area contributed by atoms with Crippen LogP contribution in [0.3, 0.4) is 0 Å². The summed E-state index contributed by atoms with van der Waals surface area (Å²) in [5.41, 5.74) is 7.56. The van der Waals surface area contributed by atoms with E-state index in [4.69, 9.17) is 5.73 Å². The molecule has 0 unspecified atom stereocenters. The molecular weight excluding hydrogens is 216 g/mol. The summed E-state index contributed by atoms with van der Waals surface area (Å²) in [5.74, 6) is 0.843. The van der Waals surface area contributed by atoms with E-state index in [1.807, 2.05) is 20.9 Å². The number of aliphatic hydroxyl groups excluding tert-OH is 1. The number of hydrogen-bond acceptors (Lipinski definition) is 4. The van der Waals surface area contributed by atoms with Crippen LogP contribution >= 0.6 is 0 Å². The van der Waals surface area contributed by atoms with Crippen LogP contribution in [0.2, 0.25) is 0 Å². The van der Waals surface area contributed by atoms with E-state index in [2.05, 4.69) is 17.3 Å². The van der Waals surface area contributed by atoms with Crippen molar-refractivity contribution in [2.45, 2.75) is 33.6 Å². The first-order chi connectivity index (χ1) is 7.91. The molecule has 98 valence electrons. The molecular formula is C12H24N4O. The largest absolute Gasteiger partial charge is 0.396 e. The second-order valence-electron chi connectivity index (χ2n) is 5.26. The van der Waals surface area contributed by atoms with Crippen molar-refractivity contribution in [2.75, 3.05) is 24.2 Å². The van der Waals surface area contributed by atoms with Gasteiger partial charge in [0.2, 0.25) is 0 Å². The van der Waals surface area contributed by atoms with Crippen LogP contribution in [-0.4, -0.2) is 28.0 Å². The molecule has 0 atom stereocenters. The van der Waals surface area contributed by atoms with Crippen LogP contribution in [0.1, 0.15) is 32.9 Å². The van der Waals surface area contributed by atoms with E-state index in [0.717, 1.165) is 30.0 Å². The van der Waals surface area contributed by atoms with Crippen molar-refractivity contribution in [1.82, 2.24) is 9.78 Å². The normalized spacial score (nSPS) is 11.8. The molecule has 17 heavy (non-hydrogen) atoms. The van der Waals surface area contributed by atoms with Crippen LogP contribution in [-0.2, 0) is 13.5 Å². The topological polar surface area (TPSA) is 76.1 Å². The number of nitrogens with one attached hydrogen (secondary N) is 1. The second-order valence-corrected chi connectivity index (χ2v) is 5.26. The minimum atomic E-state index is -0.165. The third-order valence-corrected chi connectivity index (χ3v) is 2.81. The fraction of sp³-hybridized carbons (Fsp3) is 0.750. The molecule has 0 aliphatic carbocycles. The van der Waals surface area contributed by atoms with E-state index in [1.54, 1.807) is 4.68 Å². The zero-order chi connectivity index (χ0) is 13.1. The lowest BCUT2D eigenvalue weighted by Gasteiger charge is -2.22. The Morgan fingerprint density at radius 2 is 2.12 bits per heavy atom. The number of nitrogens with zero attached hydrogens (tertiary/aromatic N) is 2. The molecule has 0 bridgehead atoms. The summed E-state index contributed by atoms with van der Waals surface area (Å²) in [6.45, 7) is 6.91. The summed E-state index contributed by atoms with van der Waals surface area (Å²) in [6, 6.07) is 0. The lowest BCUT2D eigenvalue weighted by atomic mass is 9.95. The SMILES string of the molecule is CCCc1nn(C)c(NCC(C)(C)CO)c1N. The van der Waals surface area contributed by atoms with Crippen LogP contribution < -0.4 is 11.1 Å². The number of nitrogen functional groups attached to an aromatic ring is 1. The lowest BCUT2D eigenvalue weighted by Crippen LogP contribution is -2.27. The Morgan fingerprint density at radius 3 is 2.65 bits per heavy atom. The highest BCUT2D eigenvalue weighted by atomic mass is 16.3. The van der Waals surface area contributed by atoms with E-state index in [1.165, 1.54) is 0 Å². The van der Waals surface area contributed by atoms with Crippen molar-refractivity contribution in [3.63, 3.8) is 0 Å². The number of aryl methyl sites for hydroxylation is 2. The quantitative estimate of drug-likeness (QED) is 0.702. The molecule has 4 N–H and O–H groups in total. The molecule has 1 aromatic rings. The second kappa shape index (κ2) is 5.40. The summed E-state index contributed by atoms with van der Waals surface area (Å²) in [6.07, 6.45) is 1.92. The predicted octanol–water partition coefficient (Wildman–Crippen LogP) is 1.39. The van der Waals surface area contributed by atoms with Gasteiger partial charge in [-0.15, -0.1) is 0 Å². The van der Waals surface area contributed by atoms with Crippen LogP contribution in [0.4, 0.5) is 11.5 Å². The van der Waals surface area contributed by atoms with E-state index >= 15 is 0 Å². The summed E-state index contributed by atoms with van der Waals surface area (Å²) >= 11 is 0. The number of anilines is 2. The zero-order valence-electron chi connectivity index (χ0n) is 11.2. The van der Waals surface area contributed by atoms with Gasteiger partial charge in [-0.05, 0) is 6.42 Å². The van der Waals surface area contributed by atoms with Crippen molar-refractivity contribution >= 4 is 11.5 Å². The number of nitrogens with two attached hydrogens (primary N) is 1. The number of rotatable bonds is 6. The van der Waals surface area contributed by atoms with Gasteiger partial charge >= 0.3 is 0 Å². The fourth-order valence-electron chi connectivity index (χ4n) is 1.61. The standard InChI is InChI=1S/C12H24N4O/c1-5-6-9-10(13)11(16(4)15-9)14-7-12(2,3)8-17/h14,17H,5-8,13H2,1-4H3. The molecule has 0 radical (unpaired) electrons. The van der Waals surface area contributed by atoms with Crippen LogP contribution in [0, 0.1) is 5.41 Å². The Morgan fingerprint density at radius 1 is 1.47 bits per heavy atom.